The first kappa shape index (κ1) is 18.5. The topological polar surface area (TPSA) is 34.5 Å². The lowest BCUT2D eigenvalue weighted by molar-refractivity contribution is -0.126. The summed E-state index contributed by atoms with van der Waals surface area (Å²) in [6.45, 7) is 4.98. The Bertz CT molecular complexity index is 1020. The molecule has 0 saturated heterocycles. The largest absolute Gasteiger partial charge is 0.383 e. The molecule has 28 heavy (non-hydrogen) atoms. The first-order chi connectivity index (χ1) is 13.7. The molecule has 3 aromatic rings. The first-order valence-corrected chi connectivity index (χ1v) is 9.78. The molecule has 2 heterocycles. The van der Waals surface area contributed by atoms with Gasteiger partial charge in [0.1, 0.15) is 0 Å². The van der Waals surface area contributed by atoms with Gasteiger partial charge in [-0.3, -0.25) is 4.79 Å². The predicted octanol–water partition coefficient (Wildman–Crippen LogP) is 4.19. The van der Waals surface area contributed by atoms with Gasteiger partial charge in [-0.2, -0.15) is 0 Å². The number of methoxy groups -OCH3 is 1. The SMILES string of the molecule is COCCn1cc2c3c(cccc31)CN(C(=O)C=Cc1ccc(C)cc1)CC2. The Balaban J connectivity index is 1.55. The minimum absolute atomic E-state index is 0.0648. The van der Waals surface area contributed by atoms with E-state index < -0.39 is 0 Å². The van der Waals surface area contributed by atoms with Crippen LogP contribution >= 0.6 is 0 Å². The monoisotopic (exact) mass is 374 g/mol. The molecule has 0 radical (unpaired) electrons. The number of carbonyl (C=O) groups is 1. The zero-order chi connectivity index (χ0) is 19.5. The standard InChI is InChI=1S/C24H26N2O2/c1-18-6-8-19(9-7-18)10-11-23(27)26-13-12-21-16-25(14-15-28-2)22-5-3-4-20(17-26)24(21)22/h3-11,16H,12-15,17H2,1-2H3. The third-order valence-electron chi connectivity index (χ3n) is 5.43. The van der Waals surface area contributed by atoms with Gasteiger partial charge >= 0.3 is 0 Å². The molecular weight excluding hydrogens is 348 g/mol. The number of benzene rings is 2. The van der Waals surface area contributed by atoms with E-state index in [9.17, 15) is 4.79 Å². The smallest absolute Gasteiger partial charge is 0.246 e. The van der Waals surface area contributed by atoms with Crippen LogP contribution in [-0.4, -0.2) is 35.6 Å². The van der Waals surface area contributed by atoms with Gasteiger partial charge in [0, 0.05) is 49.9 Å². The molecule has 0 bridgehead atoms. The highest BCUT2D eigenvalue weighted by molar-refractivity contribution is 5.93. The fourth-order valence-corrected chi connectivity index (χ4v) is 3.89. The lowest BCUT2D eigenvalue weighted by Gasteiger charge is -2.19. The first-order valence-electron chi connectivity index (χ1n) is 9.78. The molecule has 0 spiro atoms. The van der Waals surface area contributed by atoms with Gasteiger partial charge in [0.25, 0.3) is 0 Å². The van der Waals surface area contributed by atoms with Crippen molar-refractivity contribution in [1.29, 1.82) is 0 Å². The van der Waals surface area contributed by atoms with Gasteiger partial charge in [0.2, 0.25) is 5.91 Å². The zero-order valence-electron chi connectivity index (χ0n) is 16.5. The number of rotatable bonds is 5. The summed E-state index contributed by atoms with van der Waals surface area (Å²) in [5, 5.41) is 1.30. The quantitative estimate of drug-likeness (QED) is 0.628. The Morgan fingerprint density at radius 2 is 1.96 bits per heavy atom. The Kier molecular flexibility index (Phi) is 5.31. The van der Waals surface area contributed by atoms with E-state index in [-0.39, 0.29) is 5.91 Å². The molecule has 0 aliphatic carbocycles. The zero-order valence-corrected chi connectivity index (χ0v) is 16.5. The number of hydrogen-bond acceptors (Lipinski definition) is 2. The summed E-state index contributed by atoms with van der Waals surface area (Å²) in [4.78, 5) is 14.8. The Morgan fingerprint density at radius 3 is 2.75 bits per heavy atom. The van der Waals surface area contributed by atoms with Gasteiger partial charge in [0.15, 0.2) is 0 Å². The molecular formula is C24H26N2O2. The van der Waals surface area contributed by atoms with Crippen LogP contribution in [0.15, 0.2) is 54.7 Å². The average molecular weight is 374 g/mol. The van der Waals surface area contributed by atoms with E-state index in [0.29, 0.717) is 13.2 Å². The molecule has 2 aromatic carbocycles. The molecule has 1 aromatic heterocycles. The van der Waals surface area contributed by atoms with Crippen molar-refractivity contribution >= 4 is 22.9 Å². The lowest BCUT2D eigenvalue weighted by atomic mass is 10.1. The minimum Gasteiger partial charge on any atom is -0.383 e. The highest BCUT2D eigenvalue weighted by atomic mass is 16.5. The Morgan fingerprint density at radius 1 is 1.14 bits per heavy atom. The van der Waals surface area contributed by atoms with Crippen LogP contribution in [0.4, 0.5) is 0 Å². The summed E-state index contributed by atoms with van der Waals surface area (Å²) in [7, 11) is 1.73. The summed E-state index contributed by atoms with van der Waals surface area (Å²) < 4.78 is 7.52. The Hall–Kier alpha value is -2.85. The van der Waals surface area contributed by atoms with E-state index in [1.165, 1.54) is 27.6 Å². The van der Waals surface area contributed by atoms with Crippen LogP contribution in [0.25, 0.3) is 17.0 Å². The number of aromatic nitrogens is 1. The molecule has 1 amide bonds. The van der Waals surface area contributed by atoms with Gasteiger partial charge in [-0.1, -0.05) is 42.0 Å². The molecule has 4 nitrogen and oxygen atoms in total. The molecule has 1 aliphatic heterocycles. The van der Waals surface area contributed by atoms with Crippen LogP contribution in [0.5, 0.6) is 0 Å². The van der Waals surface area contributed by atoms with Crippen LogP contribution in [0.3, 0.4) is 0 Å². The van der Waals surface area contributed by atoms with E-state index in [0.717, 1.165) is 25.1 Å². The van der Waals surface area contributed by atoms with Gasteiger partial charge in [-0.15, -0.1) is 0 Å². The maximum Gasteiger partial charge on any atom is 0.246 e. The van der Waals surface area contributed by atoms with Crippen LogP contribution in [0.2, 0.25) is 0 Å². The summed E-state index contributed by atoms with van der Waals surface area (Å²) in [6.07, 6.45) is 6.69. The molecule has 4 rings (SSSR count). The fourth-order valence-electron chi connectivity index (χ4n) is 3.89. The number of hydrogen-bond donors (Lipinski definition) is 0. The maximum atomic E-state index is 12.8. The van der Waals surface area contributed by atoms with Crippen LogP contribution in [0, 0.1) is 6.92 Å². The van der Waals surface area contributed by atoms with Crippen molar-refractivity contribution < 1.29 is 9.53 Å². The number of carbonyl (C=O) groups excluding carboxylic acids is 1. The highest BCUT2D eigenvalue weighted by Crippen LogP contribution is 2.29. The molecule has 0 N–H and O–H groups in total. The van der Waals surface area contributed by atoms with Crippen LogP contribution < -0.4 is 0 Å². The molecule has 0 unspecified atom stereocenters. The van der Waals surface area contributed by atoms with Crippen molar-refractivity contribution in [2.45, 2.75) is 26.4 Å². The van der Waals surface area contributed by atoms with Crippen molar-refractivity contribution in [2.75, 3.05) is 20.3 Å². The number of nitrogens with zero attached hydrogens (tertiary/aromatic N) is 2. The third kappa shape index (κ3) is 3.73. The normalized spacial score (nSPS) is 14.0. The molecule has 144 valence electrons. The average Bonchev–Trinajstić information content (AvgIpc) is 2.95. The maximum absolute atomic E-state index is 12.8. The van der Waals surface area contributed by atoms with Crippen molar-refractivity contribution in [1.82, 2.24) is 9.47 Å². The second-order valence-corrected chi connectivity index (χ2v) is 7.41. The highest BCUT2D eigenvalue weighted by Gasteiger charge is 2.21. The van der Waals surface area contributed by atoms with E-state index in [1.807, 2.05) is 23.1 Å². The Labute approximate surface area is 166 Å². The molecule has 0 atom stereocenters. The van der Waals surface area contributed by atoms with Crippen molar-refractivity contribution in [2.24, 2.45) is 0 Å². The van der Waals surface area contributed by atoms with Crippen LogP contribution in [-0.2, 0) is 29.0 Å². The molecule has 4 heteroatoms. The van der Waals surface area contributed by atoms with Crippen molar-refractivity contribution in [3.8, 4) is 0 Å². The fraction of sp³-hybridized carbons (Fsp3) is 0.292. The molecule has 1 aliphatic rings. The second-order valence-electron chi connectivity index (χ2n) is 7.41. The van der Waals surface area contributed by atoms with E-state index in [4.69, 9.17) is 4.74 Å². The number of aryl methyl sites for hydroxylation is 1. The summed E-state index contributed by atoms with van der Waals surface area (Å²) in [5.74, 6) is 0.0648. The predicted molar refractivity (Wildman–Crippen MR) is 113 cm³/mol. The van der Waals surface area contributed by atoms with E-state index in [1.54, 1.807) is 13.2 Å². The number of ether oxygens (including phenoxy) is 1. The summed E-state index contributed by atoms with van der Waals surface area (Å²) >= 11 is 0. The van der Waals surface area contributed by atoms with Crippen molar-refractivity contribution in [3.05, 3.63) is 77.0 Å². The second kappa shape index (κ2) is 8.03. The molecule has 0 saturated carbocycles. The third-order valence-corrected chi connectivity index (χ3v) is 5.43. The molecule has 0 fully saturated rings. The van der Waals surface area contributed by atoms with E-state index in [2.05, 4.69) is 48.0 Å². The van der Waals surface area contributed by atoms with Gasteiger partial charge in [-0.25, -0.2) is 0 Å². The number of amides is 1. The van der Waals surface area contributed by atoms with E-state index >= 15 is 0 Å². The summed E-state index contributed by atoms with van der Waals surface area (Å²) in [6, 6.07) is 14.6. The van der Waals surface area contributed by atoms with Gasteiger partial charge < -0.3 is 14.2 Å². The minimum atomic E-state index is 0.0648. The van der Waals surface area contributed by atoms with Gasteiger partial charge in [-0.05, 0) is 42.2 Å². The van der Waals surface area contributed by atoms with Gasteiger partial charge in [0.05, 0.1) is 6.61 Å². The van der Waals surface area contributed by atoms with Crippen molar-refractivity contribution in [3.63, 3.8) is 0 Å². The lowest BCUT2D eigenvalue weighted by Crippen LogP contribution is -2.30. The van der Waals surface area contributed by atoms with Crippen LogP contribution in [0.1, 0.15) is 22.3 Å². The summed E-state index contributed by atoms with van der Waals surface area (Å²) in [5.41, 5.74) is 6.04.